The molecule has 0 heterocycles. The Balaban J connectivity index is 0.00000194. The number of hydrogen-bond acceptors (Lipinski definition) is 3. The summed E-state index contributed by atoms with van der Waals surface area (Å²) < 4.78 is 13.9. The molecule has 0 aromatic heterocycles. The van der Waals surface area contributed by atoms with Crippen LogP contribution in [0.3, 0.4) is 0 Å². The third-order valence-corrected chi connectivity index (χ3v) is 4.42. The zero-order chi connectivity index (χ0) is 23.9. The van der Waals surface area contributed by atoms with Gasteiger partial charge in [0.2, 0.25) is 5.91 Å². The van der Waals surface area contributed by atoms with Gasteiger partial charge in [-0.25, -0.2) is 4.39 Å². The molecule has 0 atom stereocenters. The van der Waals surface area contributed by atoms with E-state index < -0.39 is 5.91 Å². The van der Waals surface area contributed by atoms with E-state index in [0.717, 1.165) is 35.5 Å². The number of benzene rings is 3. The summed E-state index contributed by atoms with van der Waals surface area (Å²) in [6.07, 6.45) is 1.49. The van der Waals surface area contributed by atoms with Gasteiger partial charge in [-0.15, -0.1) is 11.4 Å². The van der Waals surface area contributed by atoms with E-state index in [4.69, 9.17) is 5.73 Å². The summed E-state index contributed by atoms with van der Waals surface area (Å²) in [5, 5.41) is 8.00. The van der Waals surface area contributed by atoms with Crippen LogP contribution in [-0.2, 0) is 6.42 Å². The Morgan fingerprint density at radius 3 is 2.18 bits per heavy atom. The van der Waals surface area contributed by atoms with Crippen LogP contribution in [0.1, 0.15) is 48.7 Å². The molecule has 0 aliphatic rings. The smallest absolute Gasteiger partial charge is 0.657 e. The molecule has 3 rings (SSSR count). The van der Waals surface area contributed by atoms with Gasteiger partial charge >= 0.3 is 29.6 Å². The van der Waals surface area contributed by atoms with Gasteiger partial charge in [0, 0.05) is 17.8 Å². The molecule has 0 radical (unpaired) electrons. The van der Waals surface area contributed by atoms with E-state index in [0.29, 0.717) is 17.7 Å². The number of nitrogens with zero attached hydrogens (tertiary/aromatic N) is 1. The van der Waals surface area contributed by atoms with E-state index in [1.807, 2.05) is 44.2 Å². The first-order valence-corrected chi connectivity index (χ1v) is 10.9. The van der Waals surface area contributed by atoms with E-state index in [1.54, 1.807) is 30.3 Å². The summed E-state index contributed by atoms with van der Waals surface area (Å²) in [5.74, 6) is -0.793. The molecular weight excluding hydrogens is 426 g/mol. The standard InChI is InChI=1S/C23H24FN3O.C2H6.CH5N.Na/c1-2-13-26-20-12-11-18(24)15-17(20)14-16-7-3-5-9-21(16)27-22-10-6-4-8-19(22)23(25)28;2*1-2;/h3-12,15,26H,2,13-14H2,1H3,(H3,25,27,28);1-2H3;2H2,1H3;/q;;;+1/p-1. The molecular formula is C26H34FN4NaO. The fourth-order valence-electron chi connectivity index (χ4n) is 3.02. The van der Waals surface area contributed by atoms with Crippen molar-refractivity contribution in [3.05, 3.63) is 94.6 Å². The zero-order valence-corrected chi connectivity index (χ0v) is 22.4. The van der Waals surface area contributed by atoms with Crippen LogP contribution in [0.5, 0.6) is 0 Å². The Labute approximate surface area is 219 Å². The van der Waals surface area contributed by atoms with Crippen molar-refractivity contribution in [2.75, 3.05) is 18.9 Å². The van der Waals surface area contributed by atoms with Crippen molar-refractivity contribution < 1.29 is 38.7 Å². The minimum absolute atomic E-state index is 0. The number of hydrogen-bond donors (Lipinski definition) is 3. The maximum atomic E-state index is 13.9. The summed E-state index contributed by atoms with van der Waals surface area (Å²) in [6, 6.07) is 19.4. The quantitative estimate of drug-likeness (QED) is 0.450. The monoisotopic (exact) mass is 460 g/mol. The number of nitrogens with one attached hydrogen (secondary N) is 1. The maximum Gasteiger partial charge on any atom is 1.00 e. The van der Waals surface area contributed by atoms with Crippen molar-refractivity contribution in [1.82, 2.24) is 0 Å². The fourth-order valence-corrected chi connectivity index (χ4v) is 3.02. The molecule has 0 saturated heterocycles. The van der Waals surface area contributed by atoms with Crippen LogP contribution in [0.4, 0.5) is 21.5 Å². The molecule has 33 heavy (non-hydrogen) atoms. The predicted molar refractivity (Wildman–Crippen MR) is 134 cm³/mol. The molecule has 3 aromatic carbocycles. The minimum Gasteiger partial charge on any atom is -0.657 e. The van der Waals surface area contributed by atoms with Gasteiger partial charge < -0.3 is 22.1 Å². The van der Waals surface area contributed by atoms with Crippen molar-refractivity contribution in [2.45, 2.75) is 33.6 Å². The van der Waals surface area contributed by atoms with Crippen LogP contribution in [-0.4, -0.2) is 19.5 Å². The van der Waals surface area contributed by atoms with E-state index >= 15 is 0 Å². The van der Waals surface area contributed by atoms with Gasteiger partial charge in [0.25, 0.3) is 0 Å². The van der Waals surface area contributed by atoms with E-state index in [2.05, 4.69) is 23.3 Å². The van der Waals surface area contributed by atoms with Crippen LogP contribution in [0, 0.1) is 5.82 Å². The SMILES string of the molecule is CC.CCCNc1ccc(F)cc1Cc1ccccc1[N-]c1ccccc1C(N)=O.CN.[Na+]. The van der Waals surface area contributed by atoms with E-state index in [9.17, 15) is 9.18 Å². The Morgan fingerprint density at radius 1 is 0.939 bits per heavy atom. The third-order valence-electron chi connectivity index (χ3n) is 4.42. The maximum absolute atomic E-state index is 13.9. The second kappa shape index (κ2) is 17.1. The Bertz CT molecular complexity index is 982. The number of para-hydroxylation sites is 2. The third kappa shape index (κ3) is 9.56. The molecule has 0 saturated carbocycles. The van der Waals surface area contributed by atoms with Gasteiger partial charge in [-0.3, -0.25) is 4.79 Å². The van der Waals surface area contributed by atoms with Crippen molar-refractivity contribution >= 4 is 23.0 Å². The molecule has 0 bridgehead atoms. The van der Waals surface area contributed by atoms with Crippen LogP contribution < -0.4 is 46.3 Å². The number of halogens is 1. The van der Waals surface area contributed by atoms with Gasteiger partial charge in [0.1, 0.15) is 5.82 Å². The second-order valence-corrected chi connectivity index (χ2v) is 6.53. The summed E-state index contributed by atoms with van der Waals surface area (Å²) >= 11 is 0. The Hall–Kier alpha value is -2.38. The summed E-state index contributed by atoms with van der Waals surface area (Å²) in [7, 11) is 1.50. The molecule has 5 N–H and O–H groups in total. The van der Waals surface area contributed by atoms with E-state index in [1.165, 1.54) is 13.1 Å². The van der Waals surface area contributed by atoms with Gasteiger partial charge in [-0.1, -0.05) is 74.9 Å². The van der Waals surface area contributed by atoms with Crippen molar-refractivity contribution in [3.8, 4) is 0 Å². The molecule has 3 aromatic rings. The van der Waals surface area contributed by atoms with Crippen LogP contribution in [0.15, 0.2) is 66.7 Å². The summed E-state index contributed by atoms with van der Waals surface area (Å²) in [5.41, 5.74) is 14.3. The number of carbonyl (C=O) groups excluding carboxylic acids is 1. The van der Waals surface area contributed by atoms with Gasteiger partial charge in [-0.2, -0.15) is 0 Å². The molecule has 0 spiro atoms. The molecule has 1 amide bonds. The van der Waals surface area contributed by atoms with Crippen molar-refractivity contribution in [3.63, 3.8) is 0 Å². The molecule has 0 unspecified atom stereocenters. The predicted octanol–water partition coefficient (Wildman–Crippen LogP) is 3.28. The van der Waals surface area contributed by atoms with Crippen LogP contribution in [0.25, 0.3) is 5.32 Å². The minimum atomic E-state index is -0.520. The number of nitrogens with two attached hydrogens (primary N) is 2. The Kier molecular flexibility index (Phi) is 15.9. The molecule has 7 heteroatoms. The largest absolute Gasteiger partial charge is 1.00 e. The number of carbonyl (C=O) groups is 1. The molecule has 0 fully saturated rings. The molecule has 0 aliphatic carbocycles. The summed E-state index contributed by atoms with van der Waals surface area (Å²) in [4.78, 5) is 11.7. The van der Waals surface area contributed by atoms with E-state index in [-0.39, 0.29) is 35.4 Å². The average Bonchev–Trinajstić information content (AvgIpc) is 2.83. The molecule has 5 nitrogen and oxygen atoms in total. The van der Waals surface area contributed by atoms with Crippen LogP contribution in [0.2, 0.25) is 0 Å². The Morgan fingerprint density at radius 2 is 1.55 bits per heavy atom. The molecule has 0 aliphatic heterocycles. The second-order valence-electron chi connectivity index (χ2n) is 6.53. The van der Waals surface area contributed by atoms with Crippen molar-refractivity contribution in [1.29, 1.82) is 0 Å². The first-order valence-electron chi connectivity index (χ1n) is 10.9. The van der Waals surface area contributed by atoms with Gasteiger partial charge in [0.05, 0.1) is 0 Å². The molecule has 172 valence electrons. The first-order chi connectivity index (χ1) is 15.6. The zero-order valence-electron chi connectivity index (χ0n) is 20.4. The number of amides is 1. The summed E-state index contributed by atoms with van der Waals surface area (Å²) in [6.45, 7) is 6.90. The van der Waals surface area contributed by atoms with Gasteiger partial charge in [-0.05, 0) is 43.7 Å². The first kappa shape index (κ1) is 30.6. The normalized spacial score (nSPS) is 9.27. The fraction of sp³-hybridized carbons (Fsp3) is 0.269. The number of anilines is 1. The number of primary amides is 1. The topological polar surface area (TPSA) is 95.2 Å². The van der Waals surface area contributed by atoms with Crippen LogP contribution >= 0.6 is 0 Å². The van der Waals surface area contributed by atoms with Gasteiger partial charge in [0.15, 0.2) is 0 Å². The van der Waals surface area contributed by atoms with Crippen molar-refractivity contribution in [2.24, 2.45) is 11.5 Å². The average molecular weight is 461 g/mol. The number of rotatable bonds is 8.